The lowest BCUT2D eigenvalue weighted by molar-refractivity contribution is 0.0920. The van der Waals surface area contributed by atoms with Crippen LogP contribution in [-0.2, 0) is 0 Å². The van der Waals surface area contributed by atoms with Gasteiger partial charge >= 0.3 is 0 Å². The van der Waals surface area contributed by atoms with E-state index in [4.69, 9.17) is 5.73 Å². The average Bonchev–Trinajstić information content (AvgIpc) is 2.66. The average molecular weight is 256 g/mol. The molecule has 2 atom stereocenters. The fraction of sp³-hybridized carbons (Fsp3) is 1.00. The lowest BCUT2D eigenvalue weighted by Gasteiger charge is -2.45. The Hall–Kier alpha value is 0.270. The second-order valence-corrected chi connectivity index (χ2v) is 8.02. The zero-order valence-corrected chi connectivity index (χ0v) is 12.5. The van der Waals surface area contributed by atoms with Crippen LogP contribution in [0.15, 0.2) is 0 Å². The number of thioether (sulfide) groups is 1. The van der Waals surface area contributed by atoms with Gasteiger partial charge in [0.1, 0.15) is 0 Å². The molecule has 2 unspecified atom stereocenters. The minimum Gasteiger partial charge on any atom is -0.329 e. The standard InChI is InChI=1S/C14H28N2S/c1-4-12-9-16(7-8-17-12)14(11-15)6-5-13(2,3)10-14/h12H,4-11,15H2,1-3H3. The Balaban J connectivity index is 2.08. The molecule has 0 aromatic rings. The van der Waals surface area contributed by atoms with E-state index in [0.29, 0.717) is 11.0 Å². The van der Waals surface area contributed by atoms with E-state index in [1.165, 1.54) is 44.5 Å². The van der Waals surface area contributed by atoms with Gasteiger partial charge in [0, 0.05) is 36.2 Å². The first kappa shape index (κ1) is 13.7. The Morgan fingerprint density at radius 3 is 2.65 bits per heavy atom. The third kappa shape index (κ3) is 2.82. The van der Waals surface area contributed by atoms with Gasteiger partial charge in [-0.3, -0.25) is 4.90 Å². The van der Waals surface area contributed by atoms with Crippen molar-refractivity contribution >= 4 is 11.8 Å². The van der Waals surface area contributed by atoms with Crippen LogP contribution in [0.1, 0.15) is 46.5 Å². The molecule has 0 aromatic carbocycles. The molecule has 2 fully saturated rings. The van der Waals surface area contributed by atoms with Gasteiger partial charge in [0.15, 0.2) is 0 Å². The molecule has 2 aliphatic rings. The molecule has 1 aliphatic heterocycles. The van der Waals surface area contributed by atoms with Crippen molar-refractivity contribution in [2.24, 2.45) is 11.1 Å². The highest BCUT2D eigenvalue weighted by atomic mass is 32.2. The normalized spacial score (nSPS) is 38.5. The van der Waals surface area contributed by atoms with Crippen molar-refractivity contribution in [2.45, 2.75) is 57.2 Å². The van der Waals surface area contributed by atoms with E-state index >= 15 is 0 Å². The maximum absolute atomic E-state index is 6.16. The van der Waals surface area contributed by atoms with Crippen molar-refractivity contribution in [3.05, 3.63) is 0 Å². The Morgan fingerprint density at radius 1 is 1.35 bits per heavy atom. The smallest absolute Gasteiger partial charge is 0.0337 e. The zero-order chi connectivity index (χ0) is 12.5. The summed E-state index contributed by atoms with van der Waals surface area (Å²) in [6.45, 7) is 10.5. The fourth-order valence-electron chi connectivity index (χ4n) is 3.61. The molecule has 100 valence electrons. The Bertz CT molecular complexity index is 267. The van der Waals surface area contributed by atoms with E-state index in [9.17, 15) is 0 Å². The first-order valence-corrected chi connectivity index (χ1v) is 8.13. The fourth-order valence-corrected chi connectivity index (χ4v) is 4.79. The lowest BCUT2D eigenvalue weighted by Crippen LogP contribution is -2.56. The number of hydrogen-bond acceptors (Lipinski definition) is 3. The van der Waals surface area contributed by atoms with Crippen LogP contribution in [0.2, 0.25) is 0 Å². The molecule has 17 heavy (non-hydrogen) atoms. The van der Waals surface area contributed by atoms with Gasteiger partial charge in [-0.15, -0.1) is 0 Å². The molecule has 0 spiro atoms. The molecule has 2 N–H and O–H groups in total. The van der Waals surface area contributed by atoms with Crippen molar-refractivity contribution in [3.63, 3.8) is 0 Å². The zero-order valence-electron chi connectivity index (χ0n) is 11.7. The van der Waals surface area contributed by atoms with Crippen LogP contribution in [0, 0.1) is 5.41 Å². The van der Waals surface area contributed by atoms with Gasteiger partial charge in [-0.05, 0) is 31.1 Å². The van der Waals surface area contributed by atoms with Crippen LogP contribution < -0.4 is 5.73 Å². The first-order chi connectivity index (χ1) is 8.01. The van der Waals surface area contributed by atoms with E-state index < -0.39 is 0 Å². The predicted octanol–water partition coefficient (Wildman–Crippen LogP) is 2.72. The largest absolute Gasteiger partial charge is 0.329 e. The quantitative estimate of drug-likeness (QED) is 0.842. The van der Waals surface area contributed by atoms with Gasteiger partial charge in [0.05, 0.1) is 0 Å². The Morgan fingerprint density at radius 2 is 2.12 bits per heavy atom. The Kier molecular flexibility index (Phi) is 4.11. The van der Waals surface area contributed by atoms with Gasteiger partial charge in [0.2, 0.25) is 0 Å². The molecule has 1 aliphatic carbocycles. The SMILES string of the molecule is CCC1CN(C2(CN)CCC(C)(C)C2)CCS1. The van der Waals surface area contributed by atoms with Crippen molar-refractivity contribution < 1.29 is 0 Å². The topological polar surface area (TPSA) is 29.3 Å². The minimum atomic E-state index is 0.317. The molecule has 0 radical (unpaired) electrons. The van der Waals surface area contributed by atoms with Gasteiger partial charge in [0.25, 0.3) is 0 Å². The van der Waals surface area contributed by atoms with Gasteiger partial charge in [-0.1, -0.05) is 20.8 Å². The van der Waals surface area contributed by atoms with Gasteiger partial charge < -0.3 is 5.73 Å². The molecule has 0 amide bonds. The van der Waals surface area contributed by atoms with Crippen LogP contribution in [0.3, 0.4) is 0 Å². The van der Waals surface area contributed by atoms with Gasteiger partial charge in [-0.25, -0.2) is 0 Å². The maximum atomic E-state index is 6.16. The van der Waals surface area contributed by atoms with E-state index in [0.717, 1.165) is 11.8 Å². The third-order valence-electron chi connectivity index (χ3n) is 4.72. The van der Waals surface area contributed by atoms with Gasteiger partial charge in [-0.2, -0.15) is 11.8 Å². The molecule has 0 aromatic heterocycles. The van der Waals surface area contributed by atoms with Crippen LogP contribution in [-0.4, -0.2) is 41.1 Å². The number of nitrogens with two attached hydrogens (primary N) is 1. The van der Waals surface area contributed by atoms with Crippen molar-refractivity contribution in [3.8, 4) is 0 Å². The highest BCUT2D eigenvalue weighted by Crippen LogP contribution is 2.47. The number of hydrogen-bond donors (Lipinski definition) is 1. The molecule has 3 heteroatoms. The molecule has 2 nitrogen and oxygen atoms in total. The highest BCUT2D eigenvalue weighted by molar-refractivity contribution is 8.00. The van der Waals surface area contributed by atoms with Crippen LogP contribution in [0.5, 0.6) is 0 Å². The molecular weight excluding hydrogens is 228 g/mol. The highest BCUT2D eigenvalue weighted by Gasteiger charge is 2.46. The summed E-state index contributed by atoms with van der Waals surface area (Å²) in [6.07, 6.45) is 5.23. The molecule has 1 saturated carbocycles. The van der Waals surface area contributed by atoms with E-state index in [-0.39, 0.29) is 0 Å². The summed E-state index contributed by atoms with van der Waals surface area (Å²) in [5, 5.41) is 0.830. The van der Waals surface area contributed by atoms with Crippen LogP contribution in [0.25, 0.3) is 0 Å². The summed E-state index contributed by atoms with van der Waals surface area (Å²) in [5.74, 6) is 1.29. The van der Waals surface area contributed by atoms with E-state index in [1.807, 2.05) is 0 Å². The maximum Gasteiger partial charge on any atom is 0.0337 e. The van der Waals surface area contributed by atoms with Crippen molar-refractivity contribution in [1.82, 2.24) is 4.90 Å². The molecular formula is C14H28N2S. The first-order valence-electron chi connectivity index (χ1n) is 7.08. The summed E-state index contributed by atoms with van der Waals surface area (Å²) in [4.78, 5) is 2.73. The predicted molar refractivity (Wildman–Crippen MR) is 77.5 cm³/mol. The van der Waals surface area contributed by atoms with E-state index in [2.05, 4.69) is 37.4 Å². The lowest BCUT2D eigenvalue weighted by atomic mass is 9.86. The summed E-state index contributed by atoms with van der Waals surface area (Å²) in [7, 11) is 0. The summed E-state index contributed by atoms with van der Waals surface area (Å²) in [6, 6.07) is 0. The van der Waals surface area contributed by atoms with Crippen molar-refractivity contribution in [2.75, 3.05) is 25.4 Å². The number of rotatable bonds is 3. The van der Waals surface area contributed by atoms with E-state index in [1.54, 1.807) is 0 Å². The van der Waals surface area contributed by atoms with Crippen LogP contribution >= 0.6 is 11.8 Å². The number of nitrogens with zero attached hydrogens (tertiary/aromatic N) is 1. The molecule has 0 bridgehead atoms. The molecule has 2 rings (SSSR count). The Labute approximate surface area is 111 Å². The second kappa shape index (κ2) is 5.10. The summed E-state index contributed by atoms with van der Waals surface area (Å²) >= 11 is 2.15. The molecule has 1 heterocycles. The van der Waals surface area contributed by atoms with Crippen molar-refractivity contribution in [1.29, 1.82) is 0 Å². The van der Waals surface area contributed by atoms with Crippen LogP contribution in [0.4, 0.5) is 0 Å². The monoisotopic (exact) mass is 256 g/mol. The molecule has 1 saturated heterocycles. The second-order valence-electron chi connectivity index (χ2n) is 6.62. The minimum absolute atomic E-state index is 0.317. The summed E-state index contributed by atoms with van der Waals surface area (Å²) in [5.41, 5.74) is 6.97. The third-order valence-corrected chi connectivity index (χ3v) is 6.09. The summed E-state index contributed by atoms with van der Waals surface area (Å²) < 4.78 is 0.